The van der Waals surface area contributed by atoms with Crippen LogP contribution in [0.5, 0.6) is 0 Å². The second kappa shape index (κ2) is 8.65. The van der Waals surface area contributed by atoms with Crippen LogP contribution in [0.1, 0.15) is 6.92 Å². The molecule has 0 aliphatic rings. The molecule has 0 amide bonds. The van der Waals surface area contributed by atoms with Crippen LogP contribution >= 0.6 is 0 Å². The van der Waals surface area contributed by atoms with Gasteiger partial charge in [0.2, 0.25) is 0 Å². The van der Waals surface area contributed by atoms with Crippen molar-refractivity contribution in [2.45, 2.75) is 13.0 Å². The summed E-state index contributed by atoms with van der Waals surface area (Å²) in [7, 11) is -5.17. The molecule has 11 heavy (non-hydrogen) atoms. The van der Waals surface area contributed by atoms with E-state index in [-0.39, 0.29) is 29.7 Å². The Hall–Kier alpha value is 0.556. The van der Waals surface area contributed by atoms with E-state index in [1.165, 1.54) is 6.92 Å². The molecular formula is C3H8MgO6S. The Bertz CT molecular complexity index is 143. The van der Waals surface area contributed by atoms with Gasteiger partial charge in [0.05, 0.1) is 12.7 Å². The first-order valence-corrected chi connectivity index (χ1v) is 3.56. The summed E-state index contributed by atoms with van der Waals surface area (Å²) in [5.74, 6) is 0. The average Bonchev–Trinajstić information content (AvgIpc) is 1.61. The Morgan fingerprint density at radius 3 is 1.55 bits per heavy atom. The van der Waals surface area contributed by atoms with E-state index in [0.717, 1.165) is 0 Å². The molecule has 1 atom stereocenters. The van der Waals surface area contributed by atoms with Gasteiger partial charge in [-0.15, -0.1) is 0 Å². The molecule has 2 N–H and O–H groups in total. The zero-order valence-corrected chi connectivity index (χ0v) is 8.16. The standard InChI is InChI=1S/C3H8O2.Mg.H2O4S/c1-3(5)2-4;;1-5(2,3)4/h3-5H,2H2,1H3;;(H2,1,2,3,4)/q;+2;/p-2. The van der Waals surface area contributed by atoms with E-state index < -0.39 is 16.5 Å². The molecule has 0 heterocycles. The third-order valence-corrected chi connectivity index (χ3v) is 0.264. The van der Waals surface area contributed by atoms with E-state index in [1.807, 2.05) is 0 Å². The van der Waals surface area contributed by atoms with Crippen molar-refractivity contribution in [2.75, 3.05) is 6.61 Å². The van der Waals surface area contributed by atoms with Crippen molar-refractivity contribution in [2.24, 2.45) is 0 Å². The summed E-state index contributed by atoms with van der Waals surface area (Å²) in [5.41, 5.74) is 0. The average molecular weight is 196 g/mol. The Morgan fingerprint density at radius 2 is 1.55 bits per heavy atom. The molecule has 0 bridgehead atoms. The van der Waals surface area contributed by atoms with Crippen LogP contribution in [0.4, 0.5) is 0 Å². The molecule has 64 valence electrons. The van der Waals surface area contributed by atoms with Crippen LogP contribution in [0.25, 0.3) is 0 Å². The molecule has 0 aromatic heterocycles. The Morgan fingerprint density at radius 1 is 1.45 bits per heavy atom. The summed E-state index contributed by atoms with van der Waals surface area (Å²) < 4.78 is 34.1. The van der Waals surface area contributed by atoms with Gasteiger partial charge >= 0.3 is 23.1 Å². The van der Waals surface area contributed by atoms with Crippen LogP contribution in [0, 0.1) is 0 Å². The normalized spacial score (nSPS) is 12.1. The molecule has 0 radical (unpaired) electrons. The van der Waals surface area contributed by atoms with Gasteiger partial charge in [-0.25, -0.2) is 0 Å². The number of aliphatic hydroxyl groups excluding tert-OH is 2. The van der Waals surface area contributed by atoms with Gasteiger partial charge < -0.3 is 19.3 Å². The van der Waals surface area contributed by atoms with Crippen LogP contribution < -0.4 is 0 Å². The number of hydrogen-bond acceptors (Lipinski definition) is 6. The van der Waals surface area contributed by atoms with Crippen molar-refractivity contribution in [3.63, 3.8) is 0 Å². The monoisotopic (exact) mass is 196 g/mol. The topological polar surface area (TPSA) is 121 Å². The molecule has 6 nitrogen and oxygen atoms in total. The van der Waals surface area contributed by atoms with Crippen LogP contribution in [0.3, 0.4) is 0 Å². The maximum absolute atomic E-state index is 8.52. The summed E-state index contributed by atoms with van der Waals surface area (Å²) in [6.45, 7) is 1.39. The third-order valence-electron chi connectivity index (χ3n) is 0.264. The van der Waals surface area contributed by atoms with Gasteiger partial charge in [-0.2, -0.15) is 0 Å². The first-order valence-electron chi connectivity index (χ1n) is 2.23. The molecule has 0 aromatic rings. The van der Waals surface area contributed by atoms with Gasteiger partial charge in [0.15, 0.2) is 0 Å². The summed E-state index contributed by atoms with van der Waals surface area (Å²) in [4.78, 5) is 0. The third kappa shape index (κ3) is 118. The number of rotatable bonds is 1. The van der Waals surface area contributed by atoms with Gasteiger partial charge in [-0.05, 0) is 6.92 Å². The minimum atomic E-state index is -5.17. The van der Waals surface area contributed by atoms with Crippen molar-refractivity contribution in [1.29, 1.82) is 0 Å². The maximum Gasteiger partial charge on any atom is 2.00 e. The zero-order chi connectivity index (χ0) is 8.78. The summed E-state index contributed by atoms with van der Waals surface area (Å²) >= 11 is 0. The summed E-state index contributed by atoms with van der Waals surface area (Å²) in [5, 5.41) is 16.0. The molecule has 0 aliphatic carbocycles. The largest absolute Gasteiger partial charge is 2.00 e. The molecule has 0 rings (SSSR count). The Balaban J connectivity index is -0.000000107. The smallest absolute Gasteiger partial charge is 0.759 e. The van der Waals surface area contributed by atoms with Crippen LogP contribution in [-0.4, -0.2) is 63.5 Å². The zero-order valence-electron chi connectivity index (χ0n) is 5.93. The second-order valence-electron chi connectivity index (χ2n) is 1.44. The van der Waals surface area contributed by atoms with Gasteiger partial charge in [-0.3, -0.25) is 8.42 Å². The van der Waals surface area contributed by atoms with E-state index in [9.17, 15) is 0 Å². The maximum atomic E-state index is 8.52. The van der Waals surface area contributed by atoms with Crippen molar-refractivity contribution in [1.82, 2.24) is 0 Å². The first-order chi connectivity index (χ1) is 4.27. The summed E-state index contributed by atoms with van der Waals surface area (Å²) in [6.07, 6.45) is -0.560. The SMILES string of the molecule is CC(O)CO.O=S(=O)([O-])[O-].[Mg+2]. The fourth-order valence-corrected chi connectivity index (χ4v) is 0. The molecule has 0 spiro atoms. The van der Waals surface area contributed by atoms with E-state index in [2.05, 4.69) is 0 Å². The van der Waals surface area contributed by atoms with Gasteiger partial charge in [0.25, 0.3) is 0 Å². The van der Waals surface area contributed by atoms with Crippen LogP contribution in [0.2, 0.25) is 0 Å². The van der Waals surface area contributed by atoms with E-state index in [0.29, 0.717) is 0 Å². The molecule has 0 aromatic carbocycles. The minimum absolute atomic E-state index is 0. The predicted octanol–water partition coefficient (Wildman–Crippen LogP) is -2.36. The summed E-state index contributed by atoms with van der Waals surface area (Å²) in [6, 6.07) is 0. The van der Waals surface area contributed by atoms with Crippen molar-refractivity contribution in [3.8, 4) is 0 Å². The van der Waals surface area contributed by atoms with E-state index in [1.54, 1.807) is 0 Å². The second-order valence-corrected chi connectivity index (χ2v) is 2.26. The molecule has 8 heteroatoms. The van der Waals surface area contributed by atoms with Crippen LogP contribution in [0.15, 0.2) is 0 Å². The molecular weight excluding hydrogens is 188 g/mol. The fourth-order valence-electron chi connectivity index (χ4n) is 0. The molecule has 0 saturated heterocycles. The molecule has 1 unspecified atom stereocenters. The quantitative estimate of drug-likeness (QED) is 0.275. The van der Waals surface area contributed by atoms with Gasteiger partial charge in [-0.1, -0.05) is 0 Å². The number of hydrogen-bond donors (Lipinski definition) is 2. The van der Waals surface area contributed by atoms with E-state index in [4.69, 9.17) is 27.7 Å². The van der Waals surface area contributed by atoms with Gasteiger partial charge in [0.1, 0.15) is 0 Å². The fraction of sp³-hybridized carbons (Fsp3) is 1.00. The molecule has 0 saturated carbocycles. The van der Waals surface area contributed by atoms with Crippen molar-refractivity contribution >= 4 is 33.5 Å². The van der Waals surface area contributed by atoms with E-state index >= 15 is 0 Å². The van der Waals surface area contributed by atoms with Crippen molar-refractivity contribution < 1.29 is 27.7 Å². The Kier molecular flexibility index (Phi) is 13.8. The van der Waals surface area contributed by atoms with Crippen molar-refractivity contribution in [3.05, 3.63) is 0 Å². The minimum Gasteiger partial charge on any atom is -0.759 e. The molecule has 0 aliphatic heterocycles. The number of aliphatic hydroxyl groups is 2. The van der Waals surface area contributed by atoms with Gasteiger partial charge in [0, 0.05) is 10.4 Å². The first kappa shape index (κ1) is 17.6. The molecule has 0 fully saturated rings. The Labute approximate surface area is 81.0 Å². The van der Waals surface area contributed by atoms with Crippen LogP contribution in [-0.2, 0) is 10.4 Å². The predicted molar refractivity (Wildman–Crippen MR) is 35.0 cm³/mol.